The van der Waals surface area contributed by atoms with Crippen LogP contribution in [0.25, 0.3) is 10.4 Å². The van der Waals surface area contributed by atoms with Gasteiger partial charge < -0.3 is 20.1 Å². The van der Waals surface area contributed by atoms with Crippen molar-refractivity contribution in [3.63, 3.8) is 0 Å². The van der Waals surface area contributed by atoms with E-state index in [0.29, 0.717) is 37.2 Å². The number of ether oxygens (including phenoxy) is 1. The molecule has 4 aromatic rings. The van der Waals surface area contributed by atoms with Crippen LogP contribution in [0, 0.1) is 11.8 Å². The summed E-state index contributed by atoms with van der Waals surface area (Å²) in [5.41, 5.74) is 4.56. The number of carboxylic acids is 1. The lowest BCUT2D eigenvalue weighted by Gasteiger charge is -2.29. The maximum atomic E-state index is 13.5. The van der Waals surface area contributed by atoms with Gasteiger partial charge in [-0.05, 0) is 121 Å². The van der Waals surface area contributed by atoms with Crippen molar-refractivity contribution in [1.82, 2.24) is 4.90 Å². The summed E-state index contributed by atoms with van der Waals surface area (Å²) >= 11 is 1.71. The molecule has 0 aliphatic heterocycles. The highest BCUT2D eigenvalue weighted by Crippen LogP contribution is 2.36. The molecular formula is C40H46N2O4S. The molecule has 3 aromatic carbocycles. The Morgan fingerprint density at radius 1 is 0.830 bits per heavy atom. The molecule has 2 aliphatic rings. The second-order valence-corrected chi connectivity index (χ2v) is 14.6. The molecule has 2 N–H and O–H groups in total. The molecule has 246 valence electrons. The quantitative estimate of drug-likeness (QED) is 0.169. The average molecular weight is 651 g/mol. The van der Waals surface area contributed by atoms with Gasteiger partial charge in [-0.15, -0.1) is 11.3 Å². The number of anilines is 1. The Bertz CT molecular complexity index is 1600. The molecular weight excluding hydrogens is 605 g/mol. The zero-order valence-corrected chi connectivity index (χ0v) is 28.1. The minimum Gasteiger partial charge on any atom is -0.489 e. The summed E-state index contributed by atoms with van der Waals surface area (Å²) in [5.74, 6) is 1.93. The van der Waals surface area contributed by atoms with Crippen LogP contribution in [0.1, 0.15) is 97.0 Å². The van der Waals surface area contributed by atoms with Crippen molar-refractivity contribution in [2.75, 3.05) is 11.9 Å². The number of carbonyl (C=O) groups is 2. The van der Waals surface area contributed by atoms with E-state index < -0.39 is 5.97 Å². The summed E-state index contributed by atoms with van der Waals surface area (Å²) in [6, 6.07) is 27.7. The molecule has 1 aromatic heterocycles. The standard InChI is InChI=1S/C40H46N2O4S/c1-28-7-11-31(12-8-28)32-13-9-30(10-14-32)27-46-36-21-17-33(18-22-36)38-24-23-37(47-38)26-42(25-29-5-3-2-4-6-29)40(45)41-35-19-15-34(16-20-35)39(43)44/h9-10,13-24,28-29,31H,2-8,11-12,25-27H2,1H3,(H,41,45)(H,43,44). The highest BCUT2D eigenvalue weighted by Gasteiger charge is 2.23. The van der Waals surface area contributed by atoms with E-state index in [1.807, 2.05) is 17.0 Å². The Balaban J connectivity index is 1.05. The topological polar surface area (TPSA) is 78.9 Å². The van der Waals surface area contributed by atoms with Gasteiger partial charge in [0.1, 0.15) is 12.4 Å². The van der Waals surface area contributed by atoms with E-state index in [2.05, 4.69) is 60.8 Å². The minimum absolute atomic E-state index is 0.159. The predicted molar refractivity (Wildman–Crippen MR) is 190 cm³/mol. The molecule has 2 aliphatic carbocycles. The third-order valence-corrected chi connectivity index (χ3v) is 11.0. The molecule has 2 saturated carbocycles. The molecule has 0 unspecified atom stereocenters. The summed E-state index contributed by atoms with van der Waals surface area (Å²) in [6.07, 6.45) is 11.3. The van der Waals surface area contributed by atoms with E-state index in [0.717, 1.165) is 39.8 Å². The van der Waals surface area contributed by atoms with E-state index in [1.54, 1.807) is 23.5 Å². The van der Waals surface area contributed by atoms with Gasteiger partial charge in [0.15, 0.2) is 0 Å². The number of hydrogen-bond acceptors (Lipinski definition) is 4. The fourth-order valence-corrected chi connectivity index (χ4v) is 8.00. The van der Waals surface area contributed by atoms with Gasteiger partial charge in [0.2, 0.25) is 0 Å². The van der Waals surface area contributed by atoms with Gasteiger partial charge in [-0.25, -0.2) is 9.59 Å². The zero-order chi connectivity index (χ0) is 32.6. The number of carboxylic acid groups (broad SMARTS) is 1. The summed E-state index contributed by atoms with van der Waals surface area (Å²) in [4.78, 5) is 28.9. The first-order valence-corrected chi connectivity index (χ1v) is 18.0. The highest BCUT2D eigenvalue weighted by molar-refractivity contribution is 7.15. The van der Waals surface area contributed by atoms with Crippen molar-refractivity contribution in [2.24, 2.45) is 11.8 Å². The van der Waals surface area contributed by atoms with E-state index in [-0.39, 0.29) is 11.6 Å². The maximum absolute atomic E-state index is 13.5. The van der Waals surface area contributed by atoms with E-state index in [4.69, 9.17) is 4.74 Å². The van der Waals surface area contributed by atoms with Crippen molar-refractivity contribution in [1.29, 1.82) is 0 Å². The summed E-state index contributed by atoms with van der Waals surface area (Å²) in [5, 5.41) is 12.2. The number of hydrogen-bond donors (Lipinski definition) is 2. The number of thiophene rings is 1. The van der Waals surface area contributed by atoms with Crippen molar-refractivity contribution in [2.45, 2.75) is 83.8 Å². The number of aromatic carboxylic acids is 1. The van der Waals surface area contributed by atoms with Crippen molar-refractivity contribution >= 4 is 29.0 Å². The smallest absolute Gasteiger partial charge is 0.335 e. The molecule has 0 bridgehead atoms. The first-order valence-electron chi connectivity index (χ1n) is 17.2. The Morgan fingerprint density at radius 3 is 2.21 bits per heavy atom. The lowest BCUT2D eigenvalue weighted by molar-refractivity contribution is 0.0697. The molecule has 0 atom stereocenters. The fourth-order valence-electron chi connectivity index (χ4n) is 6.97. The number of nitrogens with zero attached hydrogens (tertiary/aromatic N) is 1. The van der Waals surface area contributed by atoms with Crippen LogP contribution in [0.2, 0.25) is 0 Å². The Hall–Kier alpha value is -4.10. The average Bonchev–Trinajstić information content (AvgIpc) is 3.57. The van der Waals surface area contributed by atoms with Crippen molar-refractivity contribution < 1.29 is 19.4 Å². The van der Waals surface area contributed by atoms with Crippen LogP contribution in [0.3, 0.4) is 0 Å². The number of amides is 2. The molecule has 6 rings (SSSR count). The zero-order valence-electron chi connectivity index (χ0n) is 27.3. The fraction of sp³-hybridized carbons (Fsp3) is 0.400. The second kappa shape index (κ2) is 15.7. The highest BCUT2D eigenvalue weighted by atomic mass is 32.1. The van der Waals surface area contributed by atoms with Gasteiger partial charge in [-0.2, -0.15) is 0 Å². The number of carbonyl (C=O) groups excluding carboxylic acids is 1. The Kier molecular flexibility index (Phi) is 10.9. The summed E-state index contributed by atoms with van der Waals surface area (Å²) in [6.45, 7) is 4.15. The second-order valence-electron chi connectivity index (χ2n) is 13.5. The number of benzene rings is 3. The van der Waals surface area contributed by atoms with Crippen LogP contribution in [0.5, 0.6) is 5.75 Å². The Labute approximate surface area is 282 Å². The predicted octanol–water partition coefficient (Wildman–Crippen LogP) is 10.6. The molecule has 0 spiro atoms. The van der Waals surface area contributed by atoms with Crippen molar-refractivity contribution in [3.8, 4) is 16.2 Å². The van der Waals surface area contributed by atoms with Gasteiger partial charge in [-0.3, -0.25) is 0 Å². The van der Waals surface area contributed by atoms with Gasteiger partial charge in [0.05, 0.1) is 12.1 Å². The molecule has 0 saturated heterocycles. The first-order chi connectivity index (χ1) is 22.9. The van der Waals surface area contributed by atoms with Crippen LogP contribution in [0.15, 0.2) is 84.9 Å². The largest absolute Gasteiger partial charge is 0.489 e. The van der Waals surface area contributed by atoms with Crippen LogP contribution < -0.4 is 10.1 Å². The number of rotatable bonds is 11. The SMILES string of the molecule is CC1CCC(c2ccc(COc3ccc(-c4ccc(CN(CC5CCCCC5)C(=O)Nc5ccc(C(=O)O)cc5)s4)cc3)cc2)CC1. The molecule has 47 heavy (non-hydrogen) atoms. The lowest BCUT2D eigenvalue weighted by atomic mass is 9.79. The Morgan fingerprint density at radius 2 is 1.53 bits per heavy atom. The van der Waals surface area contributed by atoms with E-state index >= 15 is 0 Å². The monoisotopic (exact) mass is 650 g/mol. The third kappa shape index (κ3) is 9.04. The normalized spacial score (nSPS) is 18.4. The van der Waals surface area contributed by atoms with Crippen LogP contribution >= 0.6 is 11.3 Å². The minimum atomic E-state index is -0.984. The van der Waals surface area contributed by atoms with E-state index in [1.165, 1.54) is 68.2 Å². The maximum Gasteiger partial charge on any atom is 0.335 e. The van der Waals surface area contributed by atoms with Crippen LogP contribution in [0.4, 0.5) is 10.5 Å². The molecule has 0 radical (unpaired) electrons. The number of urea groups is 1. The van der Waals surface area contributed by atoms with E-state index in [9.17, 15) is 14.7 Å². The molecule has 1 heterocycles. The van der Waals surface area contributed by atoms with Gasteiger partial charge >= 0.3 is 12.0 Å². The van der Waals surface area contributed by atoms with Crippen molar-refractivity contribution in [3.05, 3.63) is 106 Å². The van der Waals surface area contributed by atoms with Gasteiger partial charge in [-0.1, -0.05) is 63.3 Å². The first kappa shape index (κ1) is 32.8. The molecule has 6 nitrogen and oxygen atoms in total. The molecule has 7 heteroatoms. The number of nitrogens with one attached hydrogen (secondary N) is 1. The summed E-state index contributed by atoms with van der Waals surface area (Å²) < 4.78 is 6.13. The third-order valence-electron chi connectivity index (χ3n) is 9.89. The molecule has 2 amide bonds. The van der Waals surface area contributed by atoms with Gasteiger partial charge in [0.25, 0.3) is 0 Å². The summed E-state index contributed by atoms with van der Waals surface area (Å²) in [7, 11) is 0. The van der Waals surface area contributed by atoms with Crippen LogP contribution in [-0.4, -0.2) is 28.6 Å². The molecule has 2 fully saturated rings. The lowest BCUT2D eigenvalue weighted by Crippen LogP contribution is -2.38. The van der Waals surface area contributed by atoms with Crippen LogP contribution in [-0.2, 0) is 13.2 Å². The van der Waals surface area contributed by atoms with Gasteiger partial charge in [0, 0.05) is 22.0 Å².